The van der Waals surface area contributed by atoms with Crippen molar-refractivity contribution in [2.45, 2.75) is 98.4 Å². The number of carbonyl (C=O) groups excluding carboxylic acids is 3. The van der Waals surface area contributed by atoms with Crippen molar-refractivity contribution in [3.8, 4) is 0 Å². The number of carbonyl (C=O) groups is 3. The number of hydrogen-bond donors (Lipinski definition) is 2. The van der Waals surface area contributed by atoms with Gasteiger partial charge in [0.2, 0.25) is 17.7 Å². The molecule has 1 aromatic heterocycles. The first-order valence-corrected chi connectivity index (χ1v) is 13.6. The van der Waals surface area contributed by atoms with Gasteiger partial charge in [-0.3, -0.25) is 24.3 Å². The average Bonchev–Trinajstić information content (AvgIpc) is 2.87. The summed E-state index contributed by atoms with van der Waals surface area (Å²) in [6, 6.07) is 2.85. The molecule has 206 valence electrons. The molecule has 0 spiro atoms. The van der Waals surface area contributed by atoms with Gasteiger partial charge in [-0.1, -0.05) is 40.2 Å². The van der Waals surface area contributed by atoms with Crippen LogP contribution in [-0.2, 0) is 20.9 Å². The van der Waals surface area contributed by atoms with Crippen LogP contribution in [0.15, 0.2) is 36.2 Å². The molecular formula is C29H47N5O3. The zero-order valence-electron chi connectivity index (χ0n) is 24.0. The minimum atomic E-state index is -0.635. The third-order valence-corrected chi connectivity index (χ3v) is 7.20. The number of aromatic nitrogens is 1. The van der Waals surface area contributed by atoms with E-state index in [1.165, 1.54) is 0 Å². The van der Waals surface area contributed by atoms with Crippen LogP contribution >= 0.6 is 0 Å². The summed E-state index contributed by atoms with van der Waals surface area (Å²) < 4.78 is 0. The van der Waals surface area contributed by atoms with E-state index >= 15 is 0 Å². The molecule has 2 rings (SSSR count). The van der Waals surface area contributed by atoms with Crippen LogP contribution in [0, 0.1) is 11.8 Å². The van der Waals surface area contributed by atoms with Gasteiger partial charge in [0, 0.05) is 37.6 Å². The lowest BCUT2D eigenvalue weighted by atomic mass is 9.95. The van der Waals surface area contributed by atoms with E-state index in [0.29, 0.717) is 12.1 Å². The van der Waals surface area contributed by atoms with Gasteiger partial charge in [-0.2, -0.15) is 0 Å². The van der Waals surface area contributed by atoms with E-state index in [-0.39, 0.29) is 47.7 Å². The second-order valence-corrected chi connectivity index (χ2v) is 11.1. The number of likely N-dealkylation sites (N-methyl/N-ethyl adjacent to an activating group) is 1. The van der Waals surface area contributed by atoms with Crippen LogP contribution in [0.3, 0.4) is 0 Å². The predicted octanol–water partition coefficient (Wildman–Crippen LogP) is 3.53. The van der Waals surface area contributed by atoms with Crippen molar-refractivity contribution in [1.29, 1.82) is 0 Å². The summed E-state index contributed by atoms with van der Waals surface area (Å²) in [6.45, 7) is 15.3. The summed E-state index contributed by atoms with van der Waals surface area (Å²) in [5.41, 5.74) is 1.51. The van der Waals surface area contributed by atoms with Gasteiger partial charge in [0.1, 0.15) is 6.04 Å². The molecule has 1 fully saturated rings. The molecule has 0 saturated carbocycles. The van der Waals surface area contributed by atoms with Crippen LogP contribution in [0.5, 0.6) is 0 Å². The molecule has 0 aromatic carbocycles. The standard InChI is InChI=1S/C29H47N5O3/c1-19(2)25(17-22(7)27(35)31-18-23-12-14-30-15-13-23)33(8)29(37)26(20(3)4)32-28(36)24-11-9-10-16-34(24)21(5)6/h12-15,17,19-21,24-26H,9-11,16,18H2,1-8H3,(H,31,35)(H,32,36)/b22-17+/t24-,25?,26+/m1/s1. The van der Waals surface area contributed by atoms with Gasteiger partial charge >= 0.3 is 0 Å². The Morgan fingerprint density at radius 1 is 1.08 bits per heavy atom. The lowest BCUT2D eigenvalue weighted by Gasteiger charge is -2.39. The van der Waals surface area contributed by atoms with Crippen LogP contribution in [0.25, 0.3) is 0 Å². The number of likely N-dealkylation sites (tertiary alicyclic amines) is 1. The molecule has 8 heteroatoms. The molecule has 3 atom stereocenters. The Labute approximate surface area is 223 Å². The maximum atomic E-state index is 13.7. The van der Waals surface area contributed by atoms with Gasteiger partial charge < -0.3 is 15.5 Å². The van der Waals surface area contributed by atoms with Crippen LogP contribution in [0.2, 0.25) is 0 Å². The zero-order valence-corrected chi connectivity index (χ0v) is 24.0. The minimum absolute atomic E-state index is 0.0721. The van der Waals surface area contributed by atoms with E-state index in [2.05, 4.69) is 34.4 Å². The smallest absolute Gasteiger partial charge is 0.246 e. The van der Waals surface area contributed by atoms with Crippen molar-refractivity contribution < 1.29 is 14.4 Å². The number of pyridine rings is 1. The van der Waals surface area contributed by atoms with Crippen LogP contribution in [0.4, 0.5) is 0 Å². The van der Waals surface area contributed by atoms with E-state index in [1.54, 1.807) is 31.3 Å². The van der Waals surface area contributed by atoms with Crippen LogP contribution < -0.4 is 10.6 Å². The highest BCUT2D eigenvalue weighted by atomic mass is 16.2. The van der Waals surface area contributed by atoms with Crippen molar-refractivity contribution >= 4 is 17.7 Å². The van der Waals surface area contributed by atoms with Crippen molar-refractivity contribution in [2.24, 2.45) is 11.8 Å². The van der Waals surface area contributed by atoms with E-state index < -0.39 is 6.04 Å². The second kappa shape index (κ2) is 14.3. The molecule has 8 nitrogen and oxygen atoms in total. The topological polar surface area (TPSA) is 94.6 Å². The number of amides is 3. The maximum Gasteiger partial charge on any atom is 0.246 e. The summed E-state index contributed by atoms with van der Waals surface area (Å²) >= 11 is 0. The molecule has 1 aliphatic rings. The SMILES string of the molecule is C/C(=C\C(C(C)C)N(C)C(=O)[C@@H](NC(=O)[C@H]1CCCCN1C(C)C)C(C)C)C(=O)NCc1ccncc1. The number of rotatable bonds is 11. The van der Waals surface area contributed by atoms with Crippen molar-refractivity contribution in [2.75, 3.05) is 13.6 Å². The van der Waals surface area contributed by atoms with Gasteiger partial charge in [-0.25, -0.2) is 0 Å². The Morgan fingerprint density at radius 3 is 2.30 bits per heavy atom. The summed E-state index contributed by atoms with van der Waals surface area (Å²) in [4.78, 5) is 47.7. The third-order valence-electron chi connectivity index (χ3n) is 7.20. The lowest BCUT2D eigenvalue weighted by Crippen LogP contribution is -2.58. The zero-order chi connectivity index (χ0) is 27.7. The van der Waals surface area contributed by atoms with E-state index in [9.17, 15) is 14.4 Å². The highest BCUT2D eigenvalue weighted by Crippen LogP contribution is 2.21. The van der Waals surface area contributed by atoms with Crippen molar-refractivity contribution in [3.05, 3.63) is 41.7 Å². The Morgan fingerprint density at radius 2 is 1.73 bits per heavy atom. The maximum absolute atomic E-state index is 13.7. The molecule has 1 aromatic rings. The Balaban J connectivity index is 2.13. The summed E-state index contributed by atoms with van der Waals surface area (Å²) in [6.07, 6.45) is 8.16. The Bertz CT molecular complexity index is 929. The van der Waals surface area contributed by atoms with Gasteiger partial charge in [-0.05, 0) is 69.7 Å². The monoisotopic (exact) mass is 513 g/mol. The quantitative estimate of drug-likeness (QED) is 0.442. The molecule has 3 amide bonds. The molecule has 1 unspecified atom stereocenters. The molecule has 1 aliphatic heterocycles. The molecule has 2 N–H and O–H groups in total. The molecule has 0 bridgehead atoms. The van der Waals surface area contributed by atoms with Gasteiger partial charge in [0.25, 0.3) is 0 Å². The Hall–Kier alpha value is -2.74. The van der Waals surface area contributed by atoms with Gasteiger partial charge in [0.15, 0.2) is 0 Å². The fourth-order valence-electron chi connectivity index (χ4n) is 4.89. The fraction of sp³-hybridized carbons (Fsp3) is 0.655. The van der Waals surface area contributed by atoms with Crippen molar-refractivity contribution in [1.82, 2.24) is 25.4 Å². The first-order chi connectivity index (χ1) is 17.4. The first kappa shape index (κ1) is 30.5. The van der Waals surface area contributed by atoms with E-state index in [0.717, 1.165) is 31.4 Å². The largest absolute Gasteiger partial charge is 0.348 e. The molecule has 0 aliphatic carbocycles. The van der Waals surface area contributed by atoms with Crippen LogP contribution in [-0.4, -0.2) is 70.3 Å². The fourth-order valence-corrected chi connectivity index (χ4v) is 4.89. The Kier molecular flexibility index (Phi) is 11.8. The molecule has 0 radical (unpaired) electrons. The summed E-state index contributed by atoms with van der Waals surface area (Å²) in [5, 5.41) is 6.01. The number of nitrogens with zero attached hydrogens (tertiary/aromatic N) is 3. The molecule has 2 heterocycles. The summed E-state index contributed by atoms with van der Waals surface area (Å²) in [7, 11) is 1.76. The van der Waals surface area contributed by atoms with Gasteiger partial charge in [0.05, 0.1) is 12.1 Å². The van der Waals surface area contributed by atoms with Crippen LogP contribution in [0.1, 0.15) is 73.3 Å². The number of nitrogens with one attached hydrogen (secondary N) is 2. The molecular weight excluding hydrogens is 466 g/mol. The van der Waals surface area contributed by atoms with Crippen molar-refractivity contribution in [3.63, 3.8) is 0 Å². The van der Waals surface area contributed by atoms with E-state index in [4.69, 9.17) is 0 Å². The lowest BCUT2D eigenvalue weighted by molar-refractivity contribution is -0.140. The molecule has 37 heavy (non-hydrogen) atoms. The highest BCUT2D eigenvalue weighted by molar-refractivity contribution is 5.93. The first-order valence-electron chi connectivity index (χ1n) is 13.6. The second-order valence-electron chi connectivity index (χ2n) is 11.1. The minimum Gasteiger partial charge on any atom is -0.348 e. The number of piperidine rings is 1. The predicted molar refractivity (Wildman–Crippen MR) is 147 cm³/mol. The van der Waals surface area contributed by atoms with E-state index in [1.807, 2.05) is 45.9 Å². The third kappa shape index (κ3) is 8.66. The average molecular weight is 514 g/mol. The van der Waals surface area contributed by atoms with Gasteiger partial charge in [-0.15, -0.1) is 0 Å². The number of hydrogen-bond acceptors (Lipinski definition) is 5. The normalized spacial score (nSPS) is 18.6. The highest BCUT2D eigenvalue weighted by Gasteiger charge is 2.36. The summed E-state index contributed by atoms with van der Waals surface area (Å²) in [5.74, 6) is -0.387. The molecule has 1 saturated heterocycles.